The van der Waals surface area contributed by atoms with E-state index in [1.807, 2.05) is 13.8 Å². The predicted octanol–water partition coefficient (Wildman–Crippen LogP) is 1.24. The van der Waals surface area contributed by atoms with Crippen LogP contribution >= 0.6 is 11.3 Å². The smallest absolute Gasteiger partial charge is 0.143 e. The highest BCUT2D eigenvalue weighted by atomic mass is 32.1. The van der Waals surface area contributed by atoms with Crippen LogP contribution in [0.1, 0.15) is 23.9 Å². The summed E-state index contributed by atoms with van der Waals surface area (Å²) < 4.78 is 10.4. The molecule has 1 aromatic heterocycles. The van der Waals surface area contributed by atoms with Crippen LogP contribution in [-0.4, -0.2) is 43.1 Å². The normalized spacial score (nSPS) is 11.3. The van der Waals surface area contributed by atoms with Crippen LogP contribution in [0.25, 0.3) is 0 Å². The maximum absolute atomic E-state index is 5.47. The minimum absolute atomic E-state index is 0.234. The van der Waals surface area contributed by atoms with Gasteiger partial charge in [0, 0.05) is 26.6 Å². The maximum atomic E-state index is 5.47. The first-order valence-corrected chi connectivity index (χ1v) is 6.66. The van der Waals surface area contributed by atoms with E-state index in [-0.39, 0.29) is 6.10 Å². The van der Waals surface area contributed by atoms with Gasteiger partial charge in [0.1, 0.15) is 16.6 Å². The summed E-state index contributed by atoms with van der Waals surface area (Å²) in [5.41, 5.74) is 0. The SMILES string of the molecule is COCCNCCc1nnc(COC(C)C)s1. The van der Waals surface area contributed by atoms with Gasteiger partial charge >= 0.3 is 0 Å². The van der Waals surface area contributed by atoms with E-state index in [1.54, 1.807) is 18.4 Å². The molecule has 5 nitrogen and oxygen atoms in total. The highest BCUT2D eigenvalue weighted by Crippen LogP contribution is 2.11. The van der Waals surface area contributed by atoms with Crippen molar-refractivity contribution in [2.75, 3.05) is 26.8 Å². The van der Waals surface area contributed by atoms with Crippen molar-refractivity contribution in [2.45, 2.75) is 33.0 Å². The summed E-state index contributed by atoms with van der Waals surface area (Å²) in [5.74, 6) is 0. The van der Waals surface area contributed by atoms with Crippen molar-refractivity contribution in [3.8, 4) is 0 Å². The Bertz CT molecular complexity index is 305. The van der Waals surface area contributed by atoms with Crippen molar-refractivity contribution >= 4 is 11.3 Å². The van der Waals surface area contributed by atoms with Crippen molar-refractivity contribution in [3.63, 3.8) is 0 Å². The van der Waals surface area contributed by atoms with Gasteiger partial charge in [0.15, 0.2) is 0 Å². The molecule has 1 aromatic rings. The third kappa shape index (κ3) is 6.68. The summed E-state index contributed by atoms with van der Waals surface area (Å²) in [5, 5.41) is 13.5. The lowest BCUT2D eigenvalue weighted by Crippen LogP contribution is -2.21. The fraction of sp³-hybridized carbons (Fsp3) is 0.818. The Hall–Kier alpha value is -0.560. The largest absolute Gasteiger partial charge is 0.383 e. The molecule has 0 radical (unpaired) electrons. The van der Waals surface area contributed by atoms with Crippen molar-refractivity contribution in [3.05, 3.63) is 10.0 Å². The molecule has 0 saturated heterocycles. The zero-order chi connectivity index (χ0) is 12.5. The van der Waals surface area contributed by atoms with Gasteiger partial charge in [-0.3, -0.25) is 0 Å². The number of aromatic nitrogens is 2. The van der Waals surface area contributed by atoms with Crippen molar-refractivity contribution in [2.24, 2.45) is 0 Å². The van der Waals surface area contributed by atoms with Gasteiger partial charge in [-0.1, -0.05) is 11.3 Å². The molecule has 98 valence electrons. The van der Waals surface area contributed by atoms with Gasteiger partial charge in [-0.05, 0) is 13.8 Å². The number of ether oxygens (including phenoxy) is 2. The summed E-state index contributed by atoms with van der Waals surface area (Å²) >= 11 is 1.62. The molecule has 0 spiro atoms. The highest BCUT2D eigenvalue weighted by molar-refractivity contribution is 7.11. The molecule has 0 aliphatic heterocycles. The molecular formula is C11H21N3O2S. The molecule has 6 heteroatoms. The molecule has 0 aliphatic carbocycles. The van der Waals surface area contributed by atoms with Crippen LogP contribution in [0.15, 0.2) is 0 Å². The summed E-state index contributed by atoms with van der Waals surface area (Å²) in [7, 11) is 1.70. The van der Waals surface area contributed by atoms with Gasteiger partial charge < -0.3 is 14.8 Å². The molecule has 0 atom stereocenters. The van der Waals surface area contributed by atoms with Crippen LogP contribution in [-0.2, 0) is 22.5 Å². The fourth-order valence-electron chi connectivity index (χ4n) is 1.18. The second-order valence-corrected chi connectivity index (χ2v) is 5.09. The van der Waals surface area contributed by atoms with E-state index in [0.29, 0.717) is 6.61 Å². The Morgan fingerprint density at radius 3 is 2.71 bits per heavy atom. The Kier molecular flexibility index (Phi) is 7.27. The number of nitrogens with one attached hydrogen (secondary N) is 1. The topological polar surface area (TPSA) is 56.3 Å². The number of nitrogens with zero attached hydrogens (tertiary/aromatic N) is 2. The predicted molar refractivity (Wildman–Crippen MR) is 68.3 cm³/mol. The summed E-state index contributed by atoms with van der Waals surface area (Å²) in [6.45, 7) is 7.11. The number of rotatable bonds is 9. The van der Waals surface area contributed by atoms with Crippen LogP contribution in [0.3, 0.4) is 0 Å². The van der Waals surface area contributed by atoms with Crippen LogP contribution in [0.2, 0.25) is 0 Å². The third-order valence-corrected chi connectivity index (χ3v) is 3.00. The molecule has 0 saturated carbocycles. The maximum Gasteiger partial charge on any atom is 0.143 e. The molecule has 0 bridgehead atoms. The van der Waals surface area contributed by atoms with Crippen molar-refractivity contribution in [1.82, 2.24) is 15.5 Å². The van der Waals surface area contributed by atoms with Crippen LogP contribution in [0.4, 0.5) is 0 Å². The molecule has 1 N–H and O–H groups in total. The molecule has 1 rings (SSSR count). The first-order chi connectivity index (χ1) is 8.22. The molecule has 0 unspecified atom stereocenters. The Balaban J connectivity index is 2.17. The zero-order valence-electron chi connectivity index (χ0n) is 10.7. The minimum Gasteiger partial charge on any atom is -0.383 e. The monoisotopic (exact) mass is 259 g/mol. The minimum atomic E-state index is 0.234. The molecule has 0 aliphatic rings. The average molecular weight is 259 g/mol. The van der Waals surface area contributed by atoms with E-state index in [0.717, 1.165) is 36.1 Å². The Labute approximate surface area is 107 Å². The second kappa shape index (κ2) is 8.52. The van der Waals surface area contributed by atoms with E-state index >= 15 is 0 Å². The summed E-state index contributed by atoms with van der Waals surface area (Å²) in [6, 6.07) is 0. The number of methoxy groups -OCH3 is 1. The quantitative estimate of drug-likeness (QED) is 0.676. The fourth-order valence-corrected chi connectivity index (χ4v) is 1.95. The van der Waals surface area contributed by atoms with Crippen LogP contribution in [0.5, 0.6) is 0 Å². The average Bonchev–Trinajstić information content (AvgIpc) is 2.74. The summed E-state index contributed by atoms with van der Waals surface area (Å²) in [6.07, 6.45) is 1.14. The van der Waals surface area contributed by atoms with E-state index in [2.05, 4.69) is 15.5 Å². The van der Waals surface area contributed by atoms with Gasteiger partial charge in [0.05, 0.1) is 12.7 Å². The molecule has 0 aromatic carbocycles. The lowest BCUT2D eigenvalue weighted by atomic mass is 10.4. The van der Waals surface area contributed by atoms with Crippen LogP contribution < -0.4 is 5.32 Å². The lowest BCUT2D eigenvalue weighted by Gasteiger charge is -2.03. The molecular weight excluding hydrogens is 238 g/mol. The van der Waals surface area contributed by atoms with E-state index in [4.69, 9.17) is 9.47 Å². The number of hydrogen-bond donors (Lipinski definition) is 1. The first kappa shape index (κ1) is 14.5. The molecule has 17 heavy (non-hydrogen) atoms. The second-order valence-electron chi connectivity index (χ2n) is 3.94. The molecule has 0 amide bonds. The third-order valence-electron chi connectivity index (χ3n) is 2.05. The Morgan fingerprint density at radius 1 is 1.24 bits per heavy atom. The van der Waals surface area contributed by atoms with E-state index in [1.165, 1.54) is 0 Å². The standard InChI is InChI=1S/C11H21N3O2S/c1-9(2)16-8-11-14-13-10(17-11)4-5-12-6-7-15-3/h9,12H,4-8H2,1-3H3. The Morgan fingerprint density at radius 2 is 2.00 bits per heavy atom. The van der Waals surface area contributed by atoms with Crippen molar-refractivity contribution in [1.29, 1.82) is 0 Å². The van der Waals surface area contributed by atoms with Crippen molar-refractivity contribution < 1.29 is 9.47 Å². The zero-order valence-corrected chi connectivity index (χ0v) is 11.5. The van der Waals surface area contributed by atoms with Gasteiger partial charge in [-0.25, -0.2) is 0 Å². The summed E-state index contributed by atoms with van der Waals surface area (Å²) in [4.78, 5) is 0. The highest BCUT2D eigenvalue weighted by Gasteiger charge is 2.04. The molecule has 0 fully saturated rings. The van der Waals surface area contributed by atoms with E-state index in [9.17, 15) is 0 Å². The van der Waals surface area contributed by atoms with Gasteiger partial charge in [-0.2, -0.15) is 0 Å². The number of hydrogen-bond acceptors (Lipinski definition) is 6. The van der Waals surface area contributed by atoms with E-state index < -0.39 is 0 Å². The lowest BCUT2D eigenvalue weighted by molar-refractivity contribution is 0.0652. The van der Waals surface area contributed by atoms with Gasteiger partial charge in [-0.15, -0.1) is 10.2 Å². The first-order valence-electron chi connectivity index (χ1n) is 5.85. The van der Waals surface area contributed by atoms with Gasteiger partial charge in [0.25, 0.3) is 0 Å². The van der Waals surface area contributed by atoms with Gasteiger partial charge in [0.2, 0.25) is 0 Å². The van der Waals surface area contributed by atoms with Crippen LogP contribution in [0, 0.1) is 0 Å². The molecule has 1 heterocycles.